The summed E-state index contributed by atoms with van der Waals surface area (Å²) in [5.74, 6) is 2.25. The van der Waals surface area contributed by atoms with E-state index in [1.54, 1.807) is 0 Å². The van der Waals surface area contributed by atoms with Gasteiger partial charge in [-0.1, -0.05) is 29.3 Å². The van der Waals surface area contributed by atoms with E-state index in [1.807, 2.05) is 11.8 Å². The number of hydrogen-bond donors (Lipinski definition) is 1. The van der Waals surface area contributed by atoms with Crippen LogP contribution in [0.4, 0.5) is 0 Å². The van der Waals surface area contributed by atoms with Gasteiger partial charge in [-0.3, -0.25) is 0 Å². The standard InChI is InChI=1S/C12H19NS/c1-10-7-11(2)9-12(8-10)3-5-14-6-4-13/h7-9H,3-6,13H2,1-2H3. The molecule has 1 aromatic carbocycles. The van der Waals surface area contributed by atoms with Crippen LogP contribution in [0.15, 0.2) is 18.2 Å². The Bertz CT molecular complexity index is 263. The second-order valence-electron chi connectivity index (χ2n) is 3.65. The lowest BCUT2D eigenvalue weighted by molar-refractivity contribution is 1.11. The lowest BCUT2D eigenvalue weighted by Gasteiger charge is -2.04. The molecule has 0 heterocycles. The molecule has 0 atom stereocenters. The quantitative estimate of drug-likeness (QED) is 0.754. The van der Waals surface area contributed by atoms with Crippen molar-refractivity contribution in [1.82, 2.24) is 0 Å². The predicted molar refractivity (Wildman–Crippen MR) is 66.0 cm³/mol. The van der Waals surface area contributed by atoms with Crippen LogP contribution >= 0.6 is 11.8 Å². The van der Waals surface area contributed by atoms with Gasteiger partial charge in [0.15, 0.2) is 0 Å². The van der Waals surface area contributed by atoms with E-state index in [0.717, 1.165) is 18.7 Å². The second-order valence-corrected chi connectivity index (χ2v) is 4.87. The maximum Gasteiger partial charge on any atom is 0.00559 e. The van der Waals surface area contributed by atoms with Gasteiger partial charge < -0.3 is 5.73 Å². The SMILES string of the molecule is Cc1cc(C)cc(CCSCCN)c1. The van der Waals surface area contributed by atoms with Crippen LogP contribution in [0.25, 0.3) is 0 Å². The van der Waals surface area contributed by atoms with E-state index in [0.29, 0.717) is 0 Å². The monoisotopic (exact) mass is 209 g/mol. The molecule has 78 valence electrons. The first-order chi connectivity index (χ1) is 6.72. The topological polar surface area (TPSA) is 26.0 Å². The van der Waals surface area contributed by atoms with Crippen molar-refractivity contribution in [2.24, 2.45) is 5.73 Å². The van der Waals surface area contributed by atoms with E-state index >= 15 is 0 Å². The molecule has 0 unspecified atom stereocenters. The van der Waals surface area contributed by atoms with E-state index in [9.17, 15) is 0 Å². The van der Waals surface area contributed by atoms with E-state index in [2.05, 4.69) is 32.0 Å². The molecule has 0 aromatic heterocycles. The van der Waals surface area contributed by atoms with Crippen molar-refractivity contribution in [2.45, 2.75) is 20.3 Å². The third kappa shape index (κ3) is 4.16. The summed E-state index contributed by atoms with van der Waals surface area (Å²) in [5, 5.41) is 0. The zero-order chi connectivity index (χ0) is 10.4. The molecule has 2 N–H and O–H groups in total. The van der Waals surface area contributed by atoms with Crippen molar-refractivity contribution in [3.63, 3.8) is 0 Å². The Balaban J connectivity index is 2.42. The molecule has 0 radical (unpaired) electrons. The number of rotatable bonds is 5. The minimum absolute atomic E-state index is 0.789. The Hall–Kier alpha value is -0.470. The van der Waals surface area contributed by atoms with Gasteiger partial charge in [-0.25, -0.2) is 0 Å². The lowest BCUT2D eigenvalue weighted by Crippen LogP contribution is -2.02. The Morgan fingerprint density at radius 1 is 1.07 bits per heavy atom. The van der Waals surface area contributed by atoms with Crippen molar-refractivity contribution in [1.29, 1.82) is 0 Å². The van der Waals surface area contributed by atoms with Crippen molar-refractivity contribution in [2.75, 3.05) is 18.1 Å². The van der Waals surface area contributed by atoms with E-state index < -0.39 is 0 Å². The maximum atomic E-state index is 5.44. The average molecular weight is 209 g/mol. The summed E-state index contributed by atoms with van der Waals surface area (Å²) in [6.45, 7) is 5.10. The van der Waals surface area contributed by atoms with Crippen molar-refractivity contribution in [3.8, 4) is 0 Å². The Morgan fingerprint density at radius 3 is 2.29 bits per heavy atom. The van der Waals surface area contributed by atoms with Gasteiger partial charge >= 0.3 is 0 Å². The van der Waals surface area contributed by atoms with Crippen LogP contribution < -0.4 is 5.73 Å². The Labute approximate surface area is 91.1 Å². The van der Waals surface area contributed by atoms with Crippen molar-refractivity contribution in [3.05, 3.63) is 34.9 Å². The molecule has 0 aliphatic carbocycles. The summed E-state index contributed by atoms with van der Waals surface area (Å²) in [5.41, 5.74) is 9.62. The van der Waals surface area contributed by atoms with Crippen LogP contribution in [0, 0.1) is 13.8 Å². The summed E-state index contributed by atoms with van der Waals surface area (Å²) >= 11 is 1.93. The molecule has 0 aliphatic rings. The molecule has 0 amide bonds. The Morgan fingerprint density at radius 2 is 1.71 bits per heavy atom. The highest BCUT2D eigenvalue weighted by molar-refractivity contribution is 7.99. The van der Waals surface area contributed by atoms with Crippen LogP contribution in [0.3, 0.4) is 0 Å². The van der Waals surface area contributed by atoms with Crippen LogP contribution in [-0.2, 0) is 6.42 Å². The number of hydrogen-bond acceptors (Lipinski definition) is 2. The van der Waals surface area contributed by atoms with Gasteiger partial charge in [-0.05, 0) is 31.6 Å². The normalized spacial score (nSPS) is 10.5. The number of thioether (sulfide) groups is 1. The predicted octanol–water partition coefficient (Wildman–Crippen LogP) is 2.54. The lowest BCUT2D eigenvalue weighted by atomic mass is 10.1. The summed E-state index contributed by atoms with van der Waals surface area (Å²) in [6, 6.07) is 6.77. The third-order valence-corrected chi connectivity index (χ3v) is 3.10. The van der Waals surface area contributed by atoms with Crippen LogP contribution in [0.1, 0.15) is 16.7 Å². The number of aryl methyl sites for hydroxylation is 3. The molecule has 1 rings (SSSR count). The average Bonchev–Trinajstić information content (AvgIpc) is 2.11. The highest BCUT2D eigenvalue weighted by Crippen LogP contribution is 2.11. The molecular formula is C12H19NS. The fourth-order valence-corrected chi connectivity index (χ4v) is 2.34. The summed E-state index contributed by atoms with van der Waals surface area (Å²) in [6.07, 6.45) is 1.16. The van der Waals surface area contributed by atoms with Crippen LogP contribution in [0.5, 0.6) is 0 Å². The Kier molecular flexibility index (Phi) is 5.05. The molecule has 0 spiro atoms. The first-order valence-corrected chi connectivity index (χ1v) is 6.23. The van der Waals surface area contributed by atoms with E-state index in [-0.39, 0.29) is 0 Å². The molecule has 14 heavy (non-hydrogen) atoms. The first kappa shape index (κ1) is 11.6. The molecule has 0 saturated heterocycles. The molecule has 0 aliphatic heterocycles. The summed E-state index contributed by atoms with van der Waals surface area (Å²) in [4.78, 5) is 0. The zero-order valence-corrected chi connectivity index (χ0v) is 9.86. The highest BCUT2D eigenvalue weighted by Gasteiger charge is 1.96. The molecule has 0 saturated carbocycles. The second kappa shape index (κ2) is 6.10. The highest BCUT2D eigenvalue weighted by atomic mass is 32.2. The summed E-state index contributed by atoms with van der Waals surface area (Å²) in [7, 11) is 0. The number of benzene rings is 1. The molecule has 1 nitrogen and oxygen atoms in total. The van der Waals surface area contributed by atoms with E-state index in [1.165, 1.54) is 22.4 Å². The van der Waals surface area contributed by atoms with E-state index in [4.69, 9.17) is 5.73 Å². The molecule has 0 fully saturated rings. The molecular weight excluding hydrogens is 190 g/mol. The zero-order valence-electron chi connectivity index (χ0n) is 9.05. The van der Waals surface area contributed by atoms with Crippen LogP contribution in [-0.4, -0.2) is 18.1 Å². The molecule has 2 heteroatoms. The van der Waals surface area contributed by atoms with Gasteiger partial charge in [-0.15, -0.1) is 0 Å². The van der Waals surface area contributed by atoms with Crippen molar-refractivity contribution >= 4 is 11.8 Å². The van der Waals surface area contributed by atoms with Gasteiger partial charge in [0.1, 0.15) is 0 Å². The van der Waals surface area contributed by atoms with Crippen molar-refractivity contribution < 1.29 is 0 Å². The fraction of sp³-hybridized carbons (Fsp3) is 0.500. The minimum atomic E-state index is 0.789. The van der Waals surface area contributed by atoms with Gasteiger partial charge in [0, 0.05) is 12.3 Å². The van der Waals surface area contributed by atoms with Gasteiger partial charge in [-0.2, -0.15) is 11.8 Å². The largest absolute Gasteiger partial charge is 0.330 e. The third-order valence-electron chi connectivity index (χ3n) is 2.08. The van der Waals surface area contributed by atoms with Gasteiger partial charge in [0.2, 0.25) is 0 Å². The number of nitrogens with two attached hydrogens (primary N) is 1. The minimum Gasteiger partial charge on any atom is -0.330 e. The van der Waals surface area contributed by atoms with Gasteiger partial charge in [0.05, 0.1) is 0 Å². The first-order valence-electron chi connectivity index (χ1n) is 5.07. The van der Waals surface area contributed by atoms with Gasteiger partial charge in [0.25, 0.3) is 0 Å². The fourth-order valence-electron chi connectivity index (χ4n) is 1.59. The van der Waals surface area contributed by atoms with Crippen LogP contribution in [0.2, 0.25) is 0 Å². The molecule has 1 aromatic rings. The smallest absolute Gasteiger partial charge is 0.00559 e. The molecule has 0 bridgehead atoms. The maximum absolute atomic E-state index is 5.44. The summed E-state index contributed by atoms with van der Waals surface area (Å²) < 4.78 is 0.